The van der Waals surface area contributed by atoms with E-state index in [1.807, 2.05) is 0 Å². The van der Waals surface area contributed by atoms with E-state index in [0.717, 1.165) is 0 Å². The minimum Gasteiger partial charge on any atom is -0.274 e. The molecule has 15 heavy (non-hydrogen) atoms. The number of halogens is 2. The van der Waals surface area contributed by atoms with E-state index in [9.17, 15) is 4.79 Å². The summed E-state index contributed by atoms with van der Waals surface area (Å²) in [6.45, 7) is 0. The molecular formula is C9H5Cl2N3O. The van der Waals surface area contributed by atoms with Gasteiger partial charge in [-0.25, -0.2) is 0 Å². The van der Waals surface area contributed by atoms with Crippen molar-refractivity contribution < 1.29 is 4.79 Å². The van der Waals surface area contributed by atoms with Gasteiger partial charge in [-0.05, 0) is 29.8 Å². The molecule has 0 aliphatic rings. The van der Waals surface area contributed by atoms with Gasteiger partial charge >= 0.3 is 0 Å². The molecule has 1 N–H and O–H groups in total. The van der Waals surface area contributed by atoms with Gasteiger partial charge in [-0.15, -0.1) is 0 Å². The molecule has 0 amide bonds. The summed E-state index contributed by atoms with van der Waals surface area (Å²) in [5.74, 6) is 0. The Morgan fingerprint density at radius 2 is 2.27 bits per heavy atom. The number of aromatic amines is 1. The molecule has 4 nitrogen and oxygen atoms in total. The second-order valence-electron chi connectivity index (χ2n) is 2.77. The number of nitrogens with one attached hydrogen (secondary N) is 1. The van der Waals surface area contributed by atoms with Crippen molar-refractivity contribution in [2.45, 2.75) is 0 Å². The lowest BCUT2D eigenvalue weighted by atomic mass is 10.2. The fraction of sp³-hybridized carbons (Fsp3) is 0. The summed E-state index contributed by atoms with van der Waals surface area (Å²) in [4.78, 5) is 14.9. The van der Waals surface area contributed by atoms with E-state index >= 15 is 0 Å². The number of hydrogen-bond donors (Lipinski definition) is 1. The van der Waals surface area contributed by atoms with E-state index in [0.29, 0.717) is 16.4 Å². The lowest BCUT2D eigenvalue weighted by molar-refractivity contribution is 0.107. The van der Waals surface area contributed by atoms with Crippen LogP contribution < -0.4 is 0 Å². The van der Waals surface area contributed by atoms with Crippen LogP contribution in [0.4, 0.5) is 0 Å². The highest BCUT2D eigenvalue weighted by Gasteiger charge is 2.11. The van der Waals surface area contributed by atoms with E-state index in [-0.39, 0.29) is 5.69 Å². The Bertz CT molecular complexity index is 510. The van der Waals surface area contributed by atoms with Crippen LogP contribution >= 0.6 is 23.2 Å². The molecule has 0 saturated heterocycles. The lowest BCUT2D eigenvalue weighted by Crippen LogP contribution is -1.86. The number of hydrogen-bond acceptors (Lipinski definition) is 3. The van der Waals surface area contributed by atoms with Crippen LogP contribution in [0.5, 0.6) is 0 Å². The van der Waals surface area contributed by atoms with Gasteiger partial charge in [0.2, 0.25) is 0 Å². The van der Waals surface area contributed by atoms with Crippen molar-refractivity contribution in [1.29, 1.82) is 0 Å². The summed E-state index contributed by atoms with van der Waals surface area (Å²) >= 11 is 11.2. The van der Waals surface area contributed by atoms with Crippen molar-refractivity contribution in [2.75, 3.05) is 0 Å². The average Bonchev–Trinajstić information content (AvgIpc) is 2.67. The molecule has 0 aromatic carbocycles. The number of carbonyl (C=O) groups is 1. The maximum Gasteiger partial charge on any atom is 0.270 e. The number of nitrogens with zero attached hydrogens (tertiary/aromatic N) is 2. The Kier molecular flexibility index (Phi) is 2.70. The molecule has 2 rings (SSSR count). The maximum atomic E-state index is 10.8. The zero-order valence-electron chi connectivity index (χ0n) is 7.37. The zero-order valence-corrected chi connectivity index (χ0v) is 8.88. The van der Waals surface area contributed by atoms with Gasteiger partial charge in [-0.1, -0.05) is 11.6 Å². The molecule has 6 heteroatoms. The monoisotopic (exact) mass is 241 g/mol. The van der Waals surface area contributed by atoms with Crippen LogP contribution in [0.15, 0.2) is 24.4 Å². The minimum absolute atomic E-state index is 0.216. The van der Waals surface area contributed by atoms with Crippen molar-refractivity contribution >= 4 is 28.4 Å². The number of pyridine rings is 1. The Morgan fingerprint density at radius 1 is 1.47 bits per heavy atom. The molecule has 0 aliphatic carbocycles. The Balaban J connectivity index is 2.46. The third kappa shape index (κ3) is 2.00. The first-order chi connectivity index (χ1) is 7.18. The first kappa shape index (κ1) is 10.1. The molecule has 0 atom stereocenters. The summed E-state index contributed by atoms with van der Waals surface area (Å²) in [7, 11) is 0. The van der Waals surface area contributed by atoms with Gasteiger partial charge in [-0.2, -0.15) is 5.10 Å². The van der Waals surface area contributed by atoms with Crippen LogP contribution in [-0.4, -0.2) is 20.4 Å². The number of aromatic nitrogens is 3. The number of carbonyl (C=O) groups excluding carboxylic acids is 1. The van der Waals surface area contributed by atoms with Gasteiger partial charge in [0, 0.05) is 6.20 Å². The third-order valence-corrected chi connectivity index (χ3v) is 2.30. The molecular weight excluding hydrogens is 237 g/mol. The normalized spacial score (nSPS) is 10.3. The van der Waals surface area contributed by atoms with E-state index < -0.39 is 5.24 Å². The van der Waals surface area contributed by atoms with Crippen molar-refractivity contribution in [3.8, 4) is 11.4 Å². The van der Waals surface area contributed by atoms with Crippen LogP contribution in [0.3, 0.4) is 0 Å². The summed E-state index contributed by atoms with van der Waals surface area (Å²) in [5, 5.41) is 6.27. The van der Waals surface area contributed by atoms with E-state index in [4.69, 9.17) is 23.2 Å². The van der Waals surface area contributed by atoms with Gasteiger partial charge in [0.15, 0.2) is 0 Å². The molecule has 2 aromatic rings. The van der Waals surface area contributed by atoms with Crippen molar-refractivity contribution in [1.82, 2.24) is 15.2 Å². The van der Waals surface area contributed by atoms with Crippen LogP contribution in [-0.2, 0) is 0 Å². The molecule has 0 bridgehead atoms. The number of H-pyrrole nitrogens is 1. The van der Waals surface area contributed by atoms with Crippen molar-refractivity contribution in [2.24, 2.45) is 0 Å². The highest BCUT2D eigenvalue weighted by molar-refractivity contribution is 6.67. The summed E-state index contributed by atoms with van der Waals surface area (Å²) in [6.07, 6.45) is 1.60. The van der Waals surface area contributed by atoms with E-state index in [1.165, 1.54) is 6.07 Å². The topological polar surface area (TPSA) is 58.6 Å². The molecule has 0 spiro atoms. The van der Waals surface area contributed by atoms with Crippen LogP contribution in [0, 0.1) is 0 Å². The highest BCUT2D eigenvalue weighted by atomic mass is 35.5. The molecule has 0 saturated carbocycles. The second kappa shape index (κ2) is 4.00. The lowest BCUT2D eigenvalue weighted by Gasteiger charge is -1.96. The Labute approximate surface area is 95.2 Å². The SMILES string of the molecule is O=C(Cl)c1cc(-c2ncccc2Cl)n[nH]1. The van der Waals surface area contributed by atoms with Gasteiger partial charge < -0.3 is 0 Å². The fourth-order valence-electron chi connectivity index (χ4n) is 1.12. The number of rotatable bonds is 2. The predicted octanol–water partition coefficient (Wildman–Crippen LogP) is 2.50. The predicted molar refractivity (Wildman–Crippen MR) is 57.0 cm³/mol. The first-order valence-electron chi connectivity index (χ1n) is 4.04. The van der Waals surface area contributed by atoms with Crippen molar-refractivity contribution in [3.05, 3.63) is 35.1 Å². The van der Waals surface area contributed by atoms with E-state index in [1.54, 1.807) is 18.3 Å². The molecule has 0 radical (unpaired) electrons. The standard InChI is InChI=1S/C9H5Cl2N3O/c10-5-2-1-3-12-8(5)6-4-7(9(11)15)14-13-6/h1-4H,(H,13,14). The zero-order chi connectivity index (χ0) is 10.8. The largest absolute Gasteiger partial charge is 0.274 e. The molecule has 76 valence electrons. The molecule has 0 aliphatic heterocycles. The molecule has 2 heterocycles. The van der Waals surface area contributed by atoms with Gasteiger partial charge in [0.1, 0.15) is 17.1 Å². The van der Waals surface area contributed by atoms with Gasteiger partial charge in [-0.3, -0.25) is 14.9 Å². The fourth-order valence-corrected chi connectivity index (χ4v) is 1.43. The third-order valence-electron chi connectivity index (χ3n) is 1.79. The summed E-state index contributed by atoms with van der Waals surface area (Å²) in [6, 6.07) is 4.91. The summed E-state index contributed by atoms with van der Waals surface area (Å²) in [5.41, 5.74) is 1.22. The van der Waals surface area contributed by atoms with Crippen LogP contribution in [0.25, 0.3) is 11.4 Å². The highest BCUT2D eigenvalue weighted by Crippen LogP contribution is 2.23. The van der Waals surface area contributed by atoms with Crippen LogP contribution in [0.2, 0.25) is 5.02 Å². The average molecular weight is 242 g/mol. The Morgan fingerprint density at radius 3 is 2.87 bits per heavy atom. The van der Waals surface area contributed by atoms with Gasteiger partial charge in [0.05, 0.1) is 5.02 Å². The van der Waals surface area contributed by atoms with Crippen LogP contribution in [0.1, 0.15) is 10.5 Å². The smallest absolute Gasteiger partial charge is 0.270 e. The molecule has 0 unspecified atom stereocenters. The quantitative estimate of drug-likeness (QED) is 0.823. The maximum absolute atomic E-state index is 10.8. The molecule has 0 fully saturated rings. The first-order valence-corrected chi connectivity index (χ1v) is 4.80. The van der Waals surface area contributed by atoms with E-state index in [2.05, 4.69) is 15.2 Å². The molecule has 2 aromatic heterocycles. The second-order valence-corrected chi connectivity index (χ2v) is 3.52. The summed E-state index contributed by atoms with van der Waals surface area (Å²) < 4.78 is 0. The van der Waals surface area contributed by atoms with Gasteiger partial charge in [0.25, 0.3) is 5.24 Å². The minimum atomic E-state index is -0.596. The van der Waals surface area contributed by atoms with Crippen molar-refractivity contribution in [3.63, 3.8) is 0 Å². The Hall–Kier alpha value is -1.39.